The number of fused-ring (bicyclic) bond motifs is 1. The standard InChI is InChI=1S/C19H17N3O4/c1-12-9-13(19(25)26-2)7-8-15(12)21-18(24)11-22-16-6-4-3-5-14(16)17(23)10-20-22/h3-10H,11H2,1-2H3,(H,21,24). The van der Waals surface area contributed by atoms with Gasteiger partial charge in [0.25, 0.3) is 0 Å². The molecular weight excluding hydrogens is 334 g/mol. The number of para-hydroxylation sites is 1. The molecule has 0 fully saturated rings. The van der Waals surface area contributed by atoms with Crippen LogP contribution >= 0.6 is 0 Å². The number of methoxy groups -OCH3 is 1. The largest absolute Gasteiger partial charge is 0.465 e. The van der Waals surface area contributed by atoms with Gasteiger partial charge in [0.05, 0.1) is 24.4 Å². The lowest BCUT2D eigenvalue weighted by Crippen LogP contribution is -2.22. The normalized spacial score (nSPS) is 10.5. The Morgan fingerprint density at radius 2 is 1.96 bits per heavy atom. The molecule has 0 saturated carbocycles. The van der Waals surface area contributed by atoms with Crippen molar-refractivity contribution in [3.8, 4) is 0 Å². The molecule has 1 amide bonds. The molecule has 26 heavy (non-hydrogen) atoms. The van der Waals surface area contributed by atoms with Crippen LogP contribution in [0.15, 0.2) is 53.5 Å². The van der Waals surface area contributed by atoms with Gasteiger partial charge in [-0.25, -0.2) is 4.79 Å². The van der Waals surface area contributed by atoms with Crippen LogP contribution < -0.4 is 10.7 Å². The number of ether oxygens (including phenoxy) is 1. The van der Waals surface area contributed by atoms with Crippen LogP contribution in [0.2, 0.25) is 0 Å². The van der Waals surface area contributed by atoms with Crippen molar-refractivity contribution in [3.63, 3.8) is 0 Å². The van der Waals surface area contributed by atoms with Gasteiger partial charge in [0.1, 0.15) is 6.54 Å². The van der Waals surface area contributed by atoms with E-state index in [0.717, 1.165) is 5.56 Å². The van der Waals surface area contributed by atoms with Crippen molar-refractivity contribution in [1.82, 2.24) is 9.78 Å². The Morgan fingerprint density at radius 3 is 2.69 bits per heavy atom. The number of hydrogen-bond acceptors (Lipinski definition) is 5. The fourth-order valence-corrected chi connectivity index (χ4v) is 2.66. The molecule has 7 heteroatoms. The van der Waals surface area contributed by atoms with Gasteiger partial charge in [-0.2, -0.15) is 5.10 Å². The van der Waals surface area contributed by atoms with Crippen molar-refractivity contribution in [2.45, 2.75) is 13.5 Å². The number of nitrogens with one attached hydrogen (secondary N) is 1. The maximum absolute atomic E-state index is 12.4. The Morgan fingerprint density at radius 1 is 1.19 bits per heavy atom. The number of carbonyl (C=O) groups excluding carboxylic acids is 2. The quantitative estimate of drug-likeness (QED) is 0.727. The van der Waals surface area contributed by atoms with Gasteiger partial charge >= 0.3 is 5.97 Å². The molecule has 132 valence electrons. The zero-order valence-corrected chi connectivity index (χ0v) is 14.4. The second kappa shape index (κ2) is 7.18. The molecule has 0 aliphatic rings. The van der Waals surface area contributed by atoms with E-state index >= 15 is 0 Å². The lowest BCUT2D eigenvalue weighted by Gasteiger charge is -2.12. The van der Waals surface area contributed by atoms with Crippen molar-refractivity contribution in [2.24, 2.45) is 0 Å². The number of aromatic nitrogens is 2. The number of anilines is 1. The van der Waals surface area contributed by atoms with Gasteiger partial charge < -0.3 is 10.1 Å². The van der Waals surface area contributed by atoms with Crippen LogP contribution in [0.1, 0.15) is 15.9 Å². The van der Waals surface area contributed by atoms with Crippen molar-refractivity contribution >= 4 is 28.5 Å². The van der Waals surface area contributed by atoms with Crippen molar-refractivity contribution in [1.29, 1.82) is 0 Å². The van der Waals surface area contributed by atoms with Gasteiger partial charge in [-0.1, -0.05) is 12.1 Å². The number of hydrogen-bond donors (Lipinski definition) is 1. The maximum Gasteiger partial charge on any atom is 0.337 e. The van der Waals surface area contributed by atoms with Crippen LogP contribution in [0.3, 0.4) is 0 Å². The molecule has 0 aliphatic carbocycles. The number of carbonyl (C=O) groups is 2. The van der Waals surface area contributed by atoms with Gasteiger partial charge in [0.15, 0.2) is 0 Å². The third-order valence-electron chi connectivity index (χ3n) is 3.98. The van der Waals surface area contributed by atoms with Gasteiger partial charge in [0, 0.05) is 11.1 Å². The van der Waals surface area contributed by atoms with Crippen LogP contribution in [0.4, 0.5) is 5.69 Å². The number of aryl methyl sites for hydroxylation is 1. The van der Waals surface area contributed by atoms with Gasteiger partial charge in [-0.3, -0.25) is 14.3 Å². The molecule has 3 aromatic rings. The topological polar surface area (TPSA) is 90.3 Å². The van der Waals surface area contributed by atoms with E-state index in [1.807, 2.05) is 0 Å². The highest BCUT2D eigenvalue weighted by Crippen LogP contribution is 2.17. The Labute approximate surface area is 149 Å². The zero-order valence-electron chi connectivity index (χ0n) is 14.4. The SMILES string of the molecule is COC(=O)c1ccc(NC(=O)Cn2ncc(=O)c3ccccc32)c(C)c1. The van der Waals surface area contributed by atoms with Gasteiger partial charge in [0.2, 0.25) is 11.3 Å². The van der Waals surface area contributed by atoms with E-state index in [1.54, 1.807) is 49.4 Å². The molecule has 0 spiro atoms. The molecule has 1 heterocycles. The molecule has 0 unspecified atom stereocenters. The van der Waals surface area contributed by atoms with Crippen LogP contribution in [0.5, 0.6) is 0 Å². The van der Waals surface area contributed by atoms with Gasteiger partial charge in [-0.05, 0) is 42.8 Å². The number of rotatable bonds is 4. The lowest BCUT2D eigenvalue weighted by atomic mass is 10.1. The summed E-state index contributed by atoms with van der Waals surface area (Å²) in [5.74, 6) is -0.727. The first kappa shape index (κ1) is 17.3. The first-order valence-corrected chi connectivity index (χ1v) is 7.93. The summed E-state index contributed by atoms with van der Waals surface area (Å²) in [7, 11) is 1.31. The van der Waals surface area contributed by atoms with Crippen molar-refractivity contribution in [2.75, 3.05) is 12.4 Å². The third-order valence-corrected chi connectivity index (χ3v) is 3.98. The molecule has 1 aromatic heterocycles. The number of amides is 1. The predicted octanol–water partition coefficient (Wildman–Crippen LogP) is 2.13. The van der Waals surface area contributed by atoms with Crippen LogP contribution in [-0.2, 0) is 16.1 Å². The smallest absolute Gasteiger partial charge is 0.337 e. The average Bonchev–Trinajstić information content (AvgIpc) is 2.65. The summed E-state index contributed by atoms with van der Waals surface area (Å²) in [4.78, 5) is 35.8. The number of esters is 1. The maximum atomic E-state index is 12.4. The molecule has 0 bridgehead atoms. The van der Waals surface area contributed by atoms with Crippen LogP contribution in [0, 0.1) is 6.92 Å². The monoisotopic (exact) mass is 351 g/mol. The summed E-state index contributed by atoms with van der Waals surface area (Å²) in [6, 6.07) is 11.9. The minimum absolute atomic E-state index is 0.0427. The number of nitrogens with zero attached hydrogens (tertiary/aromatic N) is 2. The first-order chi connectivity index (χ1) is 12.5. The Kier molecular flexibility index (Phi) is 4.79. The van der Waals surface area contributed by atoms with Gasteiger partial charge in [-0.15, -0.1) is 0 Å². The van der Waals surface area contributed by atoms with E-state index in [2.05, 4.69) is 15.2 Å². The first-order valence-electron chi connectivity index (χ1n) is 7.93. The Hall–Kier alpha value is -3.48. The Balaban J connectivity index is 1.81. The second-order valence-corrected chi connectivity index (χ2v) is 5.75. The van der Waals surface area contributed by atoms with E-state index in [4.69, 9.17) is 0 Å². The molecule has 0 radical (unpaired) electrons. The molecule has 0 saturated heterocycles. The fourth-order valence-electron chi connectivity index (χ4n) is 2.66. The average molecular weight is 351 g/mol. The lowest BCUT2D eigenvalue weighted by molar-refractivity contribution is -0.116. The molecule has 7 nitrogen and oxygen atoms in total. The van der Waals surface area contributed by atoms with E-state index < -0.39 is 5.97 Å². The summed E-state index contributed by atoms with van der Waals surface area (Å²) in [5, 5.41) is 7.34. The van der Waals surface area contributed by atoms with Crippen LogP contribution in [0.25, 0.3) is 10.9 Å². The van der Waals surface area contributed by atoms with E-state index in [0.29, 0.717) is 22.2 Å². The molecular formula is C19H17N3O4. The highest BCUT2D eigenvalue weighted by molar-refractivity contribution is 5.94. The summed E-state index contributed by atoms with van der Waals surface area (Å²) in [6.45, 7) is 1.74. The zero-order chi connectivity index (χ0) is 18.7. The highest BCUT2D eigenvalue weighted by atomic mass is 16.5. The summed E-state index contributed by atoms with van der Waals surface area (Å²) >= 11 is 0. The molecule has 0 atom stereocenters. The summed E-state index contributed by atoms with van der Waals surface area (Å²) in [6.07, 6.45) is 1.20. The fraction of sp³-hybridized carbons (Fsp3) is 0.158. The summed E-state index contributed by atoms with van der Waals surface area (Å²) < 4.78 is 6.15. The molecule has 2 aromatic carbocycles. The van der Waals surface area contributed by atoms with Crippen molar-refractivity contribution in [3.05, 3.63) is 70.0 Å². The summed E-state index contributed by atoms with van der Waals surface area (Å²) in [5.41, 5.74) is 2.14. The highest BCUT2D eigenvalue weighted by Gasteiger charge is 2.11. The molecule has 3 rings (SSSR count). The van der Waals surface area contributed by atoms with E-state index in [9.17, 15) is 14.4 Å². The number of benzene rings is 2. The minimum Gasteiger partial charge on any atom is -0.465 e. The Bertz CT molecular complexity index is 1060. The molecule has 0 aliphatic heterocycles. The van der Waals surface area contributed by atoms with Crippen LogP contribution in [-0.4, -0.2) is 28.8 Å². The molecule has 1 N–H and O–H groups in total. The minimum atomic E-state index is -0.435. The van der Waals surface area contributed by atoms with E-state index in [-0.39, 0.29) is 17.9 Å². The second-order valence-electron chi connectivity index (χ2n) is 5.75. The third kappa shape index (κ3) is 3.46. The predicted molar refractivity (Wildman–Crippen MR) is 97.2 cm³/mol. The van der Waals surface area contributed by atoms with Crippen molar-refractivity contribution < 1.29 is 14.3 Å². The van der Waals surface area contributed by atoms with E-state index in [1.165, 1.54) is 18.0 Å².